The fraction of sp³-hybridized carbons (Fsp3) is 0.476. The van der Waals surface area contributed by atoms with E-state index < -0.39 is 0 Å². The molecule has 152 valence electrons. The Morgan fingerprint density at radius 1 is 1.11 bits per heavy atom. The Labute approximate surface area is 166 Å². The van der Waals surface area contributed by atoms with E-state index in [2.05, 4.69) is 29.6 Å². The van der Waals surface area contributed by atoms with Crippen molar-refractivity contribution in [2.24, 2.45) is 0 Å². The SMILES string of the molecule is CCCCCCN(CC(=O)Nc1cc(C)on1)C(=O)Nc1cccc(CC)c1. The van der Waals surface area contributed by atoms with Crippen LogP contribution in [-0.4, -0.2) is 35.1 Å². The van der Waals surface area contributed by atoms with Crippen molar-refractivity contribution < 1.29 is 14.1 Å². The first kappa shape index (κ1) is 21.5. The Morgan fingerprint density at radius 2 is 1.93 bits per heavy atom. The van der Waals surface area contributed by atoms with Gasteiger partial charge in [0.2, 0.25) is 5.91 Å². The number of amides is 3. The largest absolute Gasteiger partial charge is 0.360 e. The standard InChI is InChI=1S/C21H30N4O3/c1-4-6-7-8-12-25(15-20(26)23-19-13-16(3)28-24-19)21(27)22-18-11-9-10-17(5-2)14-18/h9-11,13-14H,4-8,12,15H2,1-3H3,(H,22,27)(H,23,24,26). The Balaban J connectivity index is 1.99. The number of anilines is 2. The molecular weight excluding hydrogens is 356 g/mol. The summed E-state index contributed by atoms with van der Waals surface area (Å²) >= 11 is 0. The van der Waals surface area contributed by atoms with E-state index in [1.165, 1.54) is 4.90 Å². The molecule has 0 unspecified atom stereocenters. The summed E-state index contributed by atoms with van der Waals surface area (Å²) in [4.78, 5) is 26.7. The molecule has 2 N–H and O–H groups in total. The smallest absolute Gasteiger partial charge is 0.322 e. The number of rotatable bonds is 10. The number of unbranched alkanes of at least 4 members (excludes halogenated alkanes) is 3. The molecular formula is C21H30N4O3. The molecule has 0 aliphatic carbocycles. The number of hydrogen-bond donors (Lipinski definition) is 2. The van der Waals surface area contributed by atoms with Gasteiger partial charge < -0.3 is 20.1 Å². The second-order valence-electron chi connectivity index (χ2n) is 6.84. The lowest BCUT2D eigenvalue weighted by Crippen LogP contribution is -2.41. The van der Waals surface area contributed by atoms with Crippen LogP contribution in [0.3, 0.4) is 0 Å². The average Bonchev–Trinajstić information content (AvgIpc) is 3.08. The van der Waals surface area contributed by atoms with E-state index in [9.17, 15) is 9.59 Å². The van der Waals surface area contributed by atoms with Crippen LogP contribution in [0.1, 0.15) is 50.9 Å². The molecule has 3 amide bonds. The molecule has 0 radical (unpaired) electrons. The molecule has 0 saturated carbocycles. The summed E-state index contributed by atoms with van der Waals surface area (Å²) in [5.74, 6) is 0.658. The van der Waals surface area contributed by atoms with Crippen LogP contribution in [-0.2, 0) is 11.2 Å². The topological polar surface area (TPSA) is 87.5 Å². The van der Waals surface area contributed by atoms with Crippen LogP contribution in [0.25, 0.3) is 0 Å². The summed E-state index contributed by atoms with van der Waals surface area (Å²) in [6.45, 7) is 6.43. The van der Waals surface area contributed by atoms with Gasteiger partial charge in [0.05, 0.1) is 0 Å². The van der Waals surface area contributed by atoms with Gasteiger partial charge in [-0.1, -0.05) is 50.4 Å². The lowest BCUT2D eigenvalue weighted by atomic mass is 10.1. The maximum atomic E-state index is 12.8. The van der Waals surface area contributed by atoms with Crippen LogP contribution < -0.4 is 10.6 Å². The zero-order valence-electron chi connectivity index (χ0n) is 17.0. The van der Waals surface area contributed by atoms with Crippen molar-refractivity contribution in [1.29, 1.82) is 0 Å². The van der Waals surface area contributed by atoms with Crippen molar-refractivity contribution in [2.75, 3.05) is 23.7 Å². The van der Waals surface area contributed by atoms with Gasteiger partial charge in [-0.3, -0.25) is 4.79 Å². The van der Waals surface area contributed by atoms with Gasteiger partial charge in [0.1, 0.15) is 12.3 Å². The van der Waals surface area contributed by atoms with E-state index in [4.69, 9.17) is 4.52 Å². The summed E-state index contributed by atoms with van der Waals surface area (Å²) < 4.78 is 4.95. The van der Waals surface area contributed by atoms with Crippen LogP contribution in [0.15, 0.2) is 34.9 Å². The molecule has 1 heterocycles. The highest BCUT2D eigenvalue weighted by molar-refractivity contribution is 5.96. The summed E-state index contributed by atoms with van der Waals surface area (Å²) in [6, 6.07) is 9.09. The number of nitrogens with one attached hydrogen (secondary N) is 2. The third-order valence-electron chi connectivity index (χ3n) is 4.39. The minimum Gasteiger partial charge on any atom is -0.360 e. The molecule has 1 aromatic heterocycles. The molecule has 0 spiro atoms. The predicted molar refractivity (Wildman–Crippen MR) is 110 cm³/mol. The van der Waals surface area contributed by atoms with Gasteiger partial charge in [-0.25, -0.2) is 4.79 Å². The van der Waals surface area contributed by atoms with Crippen molar-refractivity contribution in [3.05, 3.63) is 41.7 Å². The first-order valence-electron chi connectivity index (χ1n) is 9.89. The van der Waals surface area contributed by atoms with Crippen LogP contribution in [0.5, 0.6) is 0 Å². The summed E-state index contributed by atoms with van der Waals surface area (Å²) in [6.07, 6.45) is 4.99. The number of urea groups is 1. The first-order valence-corrected chi connectivity index (χ1v) is 9.89. The minimum absolute atomic E-state index is 0.0443. The summed E-state index contributed by atoms with van der Waals surface area (Å²) in [5.41, 5.74) is 1.88. The van der Waals surface area contributed by atoms with Crippen LogP contribution in [0, 0.1) is 6.92 Å². The van der Waals surface area contributed by atoms with Crippen LogP contribution in [0.2, 0.25) is 0 Å². The van der Waals surface area contributed by atoms with E-state index in [0.29, 0.717) is 18.1 Å². The number of benzene rings is 1. The highest BCUT2D eigenvalue weighted by Gasteiger charge is 2.18. The molecule has 0 bridgehead atoms. The van der Waals surface area contributed by atoms with Crippen molar-refractivity contribution in [3.8, 4) is 0 Å². The molecule has 28 heavy (non-hydrogen) atoms. The number of aromatic nitrogens is 1. The Morgan fingerprint density at radius 3 is 2.61 bits per heavy atom. The van der Waals surface area contributed by atoms with Gasteiger partial charge in [-0.15, -0.1) is 0 Å². The zero-order chi connectivity index (χ0) is 20.4. The number of hydrogen-bond acceptors (Lipinski definition) is 4. The molecule has 7 nitrogen and oxygen atoms in total. The molecule has 2 rings (SSSR count). The van der Waals surface area contributed by atoms with Gasteiger partial charge in [0.15, 0.2) is 5.82 Å². The second-order valence-corrected chi connectivity index (χ2v) is 6.84. The number of carbonyl (C=O) groups excluding carboxylic acids is 2. The minimum atomic E-state index is -0.304. The van der Waals surface area contributed by atoms with Crippen molar-refractivity contribution in [1.82, 2.24) is 10.1 Å². The number of nitrogens with zero attached hydrogens (tertiary/aromatic N) is 2. The Hall–Kier alpha value is -2.83. The highest BCUT2D eigenvalue weighted by Crippen LogP contribution is 2.13. The molecule has 7 heteroatoms. The average molecular weight is 386 g/mol. The highest BCUT2D eigenvalue weighted by atomic mass is 16.5. The predicted octanol–water partition coefficient (Wildman–Crippen LogP) is 4.60. The normalized spacial score (nSPS) is 10.5. The van der Waals surface area contributed by atoms with E-state index in [1.807, 2.05) is 24.3 Å². The Kier molecular flexibility index (Phi) is 8.52. The summed E-state index contributed by atoms with van der Waals surface area (Å²) in [5, 5.41) is 9.33. The third kappa shape index (κ3) is 7.06. The number of aryl methyl sites for hydroxylation is 2. The van der Waals surface area contributed by atoms with Gasteiger partial charge in [-0.05, 0) is 37.5 Å². The molecule has 2 aromatic rings. The van der Waals surface area contributed by atoms with Gasteiger partial charge in [0.25, 0.3) is 0 Å². The first-order chi connectivity index (χ1) is 13.5. The van der Waals surface area contributed by atoms with Crippen molar-refractivity contribution >= 4 is 23.4 Å². The monoisotopic (exact) mass is 386 g/mol. The lowest BCUT2D eigenvalue weighted by molar-refractivity contribution is -0.116. The van der Waals surface area contributed by atoms with E-state index >= 15 is 0 Å². The third-order valence-corrected chi connectivity index (χ3v) is 4.39. The van der Waals surface area contributed by atoms with E-state index in [0.717, 1.165) is 43.4 Å². The molecule has 0 saturated heterocycles. The van der Waals surface area contributed by atoms with Gasteiger partial charge >= 0.3 is 6.03 Å². The zero-order valence-corrected chi connectivity index (χ0v) is 17.0. The van der Waals surface area contributed by atoms with E-state index in [-0.39, 0.29) is 18.5 Å². The maximum absolute atomic E-state index is 12.8. The van der Waals surface area contributed by atoms with Crippen molar-refractivity contribution in [3.63, 3.8) is 0 Å². The maximum Gasteiger partial charge on any atom is 0.322 e. The number of carbonyl (C=O) groups is 2. The molecule has 0 aliphatic rings. The summed E-state index contributed by atoms with van der Waals surface area (Å²) in [7, 11) is 0. The fourth-order valence-electron chi connectivity index (χ4n) is 2.83. The van der Waals surface area contributed by atoms with Crippen molar-refractivity contribution in [2.45, 2.75) is 52.9 Å². The van der Waals surface area contributed by atoms with E-state index in [1.54, 1.807) is 13.0 Å². The second kappa shape index (κ2) is 11.1. The van der Waals surface area contributed by atoms with Gasteiger partial charge in [0, 0.05) is 18.3 Å². The van der Waals surface area contributed by atoms with Crippen LogP contribution in [0.4, 0.5) is 16.3 Å². The molecule has 0 atom stereocenters. The van der Waals surface area contributed by atoms with Crippen LogP contribution >= 0.6 is 0 Å². The fourth-order valence-corrected chi connectivity index (χ4v) is 2.83. The Bertz CT molecular complexity index is 773. The molecule has 0 fully saturated rings. The molecule has 0 aliphatic heterocycles. The lowest BCUT2D eigenvalue weighted by Gasteiger charge is -2.22. The quantitative estimate of drug-likeness (QED) is 0.584. The molecule has 1 aromatic carbocycles. The van der Waals surface area contributed by atoms with Gasteiger partial charge in [-0.2, -0.15) is 0 Å².